The van der Waals surface area contributed by atoms with E-state index in [9.17, 15) is 0 Å². The van der Waals surface area contributed by atoms with Gasteiger partial charge in [0.2, 0.25) is 4.05 Å². The van der Waals surface area contributed by atoms with Gasteiger partial charge < -0.3 is 16.9 Å². The van der Waals surface area contributed by atoms with Crippen molar-refractivity contribution in [2.24, 2.45) is 0 Å². The van der Waals surface area contributed by atoms with Crippen LogP contribution in [-0.4, -0.2) is 28.2 Å². The van der Waals surface area contributed by atoms with Crippen LogP contribution in [0.2, 0.25) is 0 Å². The van der Waals surface area contributed by atoms with E-state index in [2.05, 4.69) is 49.3 Å². The fourth-order valence-electron chi connectivity index (χ4n) is 3.92. The lowest BCUT2D eigenvalue weighted by Gasteiger charge is -2.41. The van der Waals surface area contributed by atoms with E-state index in [1.54, 1.807) is 0 Å². The number of halogens is 2. The Labute approximate surface area is 192 Å². The number of terminal acetylenes is 1. The molecule has 0 amide bonds. The van der Waals surface area contributed by atoms with E-state index < -0.39 is 0 Å². The van der Waals surface area contributed by atoms with Crippen LogP contribution in [0, 0.1) is 12.3 Å². The standard InChI is InChI=1S/C24H47IN.ClH/c1-5-9-12-15-18-21-26(24(25)8-4,22-19-16-13-10-6-2)23-20-17-14-11-7-3;/h4,24H,5-7,9-23H2,1-3H3;1H/q+1;/p-1. The van der Waals surface area contributed by atoms with Gasteiger partial charge in [-0.25, -0.2) is 0 Å². The molecule has 0 fully saturated rings. The summed E-state index contributed by atoms with van der Waals surface area (Å²) in [6, 6.07) is 0. The Balaban J connectivity index is 0. The second-order valence-corrected chi connectivity index (χ2v) is 9.31. The first-order valence-corrected chi connectivity index (χ1v) is 12.9. The number of nitrogens with zero attached hydrogens (tertiary/aromatic N) is 1. The van der Waals surface area contributed by atoms with Crippen LogP contribution >= 0.6 is 22.6 Å². The molecule has 0 aromatic heterocycles. The number of alkyl halides is 1. The van der Waals surface area contributed by atoms with Crippen LogP contribution in [0.25, 0.3) is 0 Å². The first kappa shape index (κ1) is 29.7. The fourth-order valence-corrected chi connectivity index (χ4v) is 4.76. The molecule has 1 nitrogen and oxygen atoms in total. The summed E-state index contributed by atoms with van der Waals surface area (Å²) in [5.74, 6) is 3.12. The second kappa shape index (κ2) is 21.3. The first-order valence-electron chi connectivity index (χ1n) is 11.6. The molecule has 0 N–H and O–H groups in total. The van der Waals surface area contributed by atoms with E-state index in [1.807, 2.05) is 0 Å². The van der Waals surface area contributed by atoms with Gasteiger partial charge in [-0.05, 0) is 44.4 Å². The molecular weight excluding hydrogens is 465 g/mol. The molecule has 0 aliphatic carbocycles. The highest BCUT2D eigenvalue weighted by Crippen LogP contribution is 2.25. The van der Waals surface area contributed by atoms with Gasteiger partial charge in [-0.3, -0.25) is 0 Å². The maximum atomic E-state index is 5.94. The van der Waals surface area contributed by atoms with Gasteiger partial charge in [-0.1, -0.05) is 78.6 Å². The minimum atomic E-state index is 0. The summed E-state index contributed by atoms with van der Waals surface area (Å²) >= 11 is 2.56. The van der Waals surface area contributed by atoms with E-state index in [1.165, 1.54) is 120 Å². The van der Waals surface area contributed by atoms with Crippen molar-refractivity contribution in [3.63, 3.8) is 0 Å². The molecule has 3 heteroatoms. The smallest absolute Gasteiger partial charge is 0.200 e. The molecular formula is C24H47ClIN. The summed E-state index contributed by atoms with van der Waals surface area (Å²) < 4.78 is 1.53. The molecule has 0 rings (SSSR count). The molecule has 0 saturated heterocycles. The van der Waals surface area contributed by atoms with Crippen molar-refractivity contribution in [3.05, 3.63) is 0 Å². The molecule has 0 spiro atoms. The maximum absolute atomic E-state index is 5.94. The molecule has 0 aromatic rings. The Morgan fingerprint density at radius 1 is 0.630 bits per heavy atom. The summed E-state index contributed by atoms with van der Waals surface area (Å²) in [7, 11) is 0. The molecule has 0 radical (unpaired) electrons. The lowest BCUT2D eigenvalue weighted by atomic mass is 10.1. The Morgan fingerprint density at radius 3 is 1.19 bits per heavy atom. The number of rotatable bonds is 19. The van der Waals surface area contributed by atoms with Gasteiger partial charge in [0, 0.05) is 22.6 Å². The zero-order valence-corrected chi connectivity index (χ0v) is 21.5. The number of quaternary nitrogens is 1. The normalized spacial score (nSPS) is 12.4. The van der Waals surface area contributed by atoms with E-state index in [0.717, 1.165) is 0 Å². The number of unbranched alkanes of at least 4 members (excludes halogenated alkanes) is 12. The van der Waals surface area contributed by atoms with Crippen LogP contribution in [0.1, 0.15) is 117 Å². The Kier molecular flexibility index (Phi) is 23.4. The van der Waals surface area contributed by atoms with E-state index in [-0.39, 0.29) is 12.4 Å². The minimum absolute atomic E-state index is 0. The molecule has 1 unspecified atom stereocenters. The molecule has 0 aliphatic rings. The lowest BCUT2D eigenvalue weighted by molar-refractivity contribution is -0.927. The van der Waals surface area contributed by atoms with Crippen LogP contribution in [0.5, 0.6) is 0 Å². The van der Waals surface area contributed by atoms with Crippen LogP contribution in [0.4, 0.5) is 0 Å². The van der Waals surface area contributed by atoms with Crippen molar-refractivity contribution in [1.82, 2.24) is 0 Å². The Hall–Kier alpha value is 0.540. The first-order chi connectivity index (χ1) is 12.7. The molecule has 27 heavy (non-hydrogen) atoms. The van der Waals surface area contributed by atoms with Gasteiger partial charge in [0.1, 0.15) is 0 Å². The summed E-state index contributed by atoms with van der Waals surface area (Å²) in [5.41, 5.74) is 0. The zero-order chi connectivity index (χ0) is 19.5. The molecule has 0 saturated carbocycles. The van der Waals surface area contributed by atoms with Crippen molar-refractivity contribution in [2.75, 3.05) is 19.6 Å². The predicted octanol–water partition coefficient (Wildman–Crippen LogP) is 5.11. The van der Waals surface area contributed by atoms with Gasteiger partial charge >= 0.3 is 0 Å². The minimum Gasteiger partial charge on any atom is -1.00 e. The molecule has 0 bridgehead atoms. The topological polar surface area (TPSA) is 0 Å². The van der Waals surface area contributed by atoms with Crippen molar-refractivity contribution < 1.29 is 16.9 Å². The van der Waals surface area contributed by atoms with E-state index in [4.69, 9.17) is 6.42 Å². The third-order valence-corrected chi connectivity index (χ3v) is 7.28. The SMILES string of the molecule is C#CC(I)[N+](CCCCCCC)(CCCCCCC)CCCCCCC.[Cl-]. The molecule has 0 aromatic carbocycles. The summed E-state index contributed by atoms with van der Waals surface area (Å²) in [5, 5.41) is 0. The van der Waals surface area contributed by atoms with Gasteiger partial charge in [-0.15, -0.1) is 6.42 Å². The Bertz CT molecular complexity index is 304. The fraction of sp³-hybridized carbons (Fsp3) is 0.917. The van der Waals surface area contributed by atoms with Crippen molar-refractivity contribution in [1.29, 1.82) is 0 Å². The monoisotopic (exact) mass is 511 g/mol. The van der Waals surface area contributed by atoms with Crippen molar-refractivity contribution in [2.45, 2.75) is 121 Å². The average molecular weight is 512 g/mol. The molecule has 162 valence electrons. The van der Waals surface area contributed by atoms with Crippen molar-refractivity contribution in [3.8, 4) is 12.3 Å². The highest BCUT2D eigenvalue weighted by molar-refractivity contribution is 14.1. The summed E-state index contributed by atoms with van der Waals surface area (Å²) in [6.45, 7) is 10.8. The molecule has 1 atom stereocenters. The number of hydrogen-bond acceptors (Lipinski definition) is 0. The van der Waals surface area contributed by atoms with Crippen LogP contribution < -0.4 is 12.4 Å². The molecule has 0 heterocycles. The van der Waals surface area contributed by atoms with Crippen LogP contribution in [0.15, 0.2) is 0 Å². The van der Waals surface area contributed by atoms with Crippen molar-refractivity contribution >= 4 is 22.6 Å². The predicted molar refractivity (Wildman–Crippen MR) is 128 cm³/mol. The van der Waals surface area contributed by atoms with Gasteiger partial charge in [-0.2, -0.15) is 0 Å². The second-order valence-electron chi connectivity index (χ2n) is 8.13. The quantitative estimate of drug-likeness (QED) is 0.0564. The van der Waals surface area contributed by atoms with Gasteiger partial charge in [0.25, 0.3) is 0 Å². The van der Waals surface area contributed by atoms with Gasteiger partial charge in [0.05, 0.1) is 19.6 Å². The van der Waals surface area contributed by atoms with Crippen LogP contribution in [-0.2, 0) is 0 Å². The lowest BCUT2D eigenvalue weighted by Crippen LogP contribution is -3.00. The average Bonchev–Trinajstić information content (AvgIpc) is 2.66. The third-order valence-electron chi connectivity index (χ3n) is 5.74. The number of hydrogen-bond donors (Lipinski definition) is 0. The highest BCUT2D eigenvalue weighted by Gasteiger charge is 2.32. The third kappa shape index (κ3) is 15.1. The largest absolute Gasteiger partial charge is 1.00 e. The van der Waals surface area contributed by atoms with Gasteiger partial charge in [0.15, 0.2) is 0 Å². The van der Waals surface area contributed by atoms with E-state index >= 15 is 0 Å². The Morgan fingerprint density at radius 2 is 0.926 bits per heavy atom. The summed E-state index contributed by atoms with van der Waals surface area (Å²) in [4.78, 5) is 0. The van der Waals surface area contributed by atoms with E-state index in [0.29, 0.717) is 4.05 Å². The maximum Gasteiger partial charge on any atom is 0.200 e. The van der Waals surface area contributed by atoms with Crippen LogP contribution in [0.3, 0.4) is 0 Å². The summed E-state index contributed by atoms with van der Waals surface area (Å²) in [6.07, 6.45) is 26.5. The highest BCUT2D eigenvalue weighted by atomic mass is 127. The zero-order valence-electron chi connectivity index (χ0n) is 18.6. The molecule has 0 aliphatic heterocycles.